The molecule has 2 saturated heterocycles. The molecule has 21 heavy (non-hydrogen) atoms. The van der Waals surface area contributed by atoms with Crippen molar-refractivity contribution < 1.29 is 4.74 Å². The molecule has 2 N–H and O–H groups in total. The number of piperazine rings is 1. The van der Waals surface area contributed by atoms with Crippen molar-refractivity contribution in [2.75, 3.05) is 36.8 Å². The lowest BCUT2D eigenvalue weighted by Gasteiger charge is -2.45. The summed E-state index contributed by atoms with van der Waals surface area (Å²) < 4.78 is 5.82. The smallest absolute Gasteiger partial charge is 0.144 e. The van der Waals surface area contributed by atoms with Gasteiger partial charge in [0.1, 0.15) is 5.75 Å². The van der Waals surface area contributed by atoms with E-state index in [-0.39, 0.29) is 6.10 Å². The summed E-state index contributed by atoms with van der Waals surface area (Å²) in [6.45, 7) is 8.64. The predicted octanol–water partition coefficient (Wildman–Crippen LogP) is 2.73. The third kappa shape index (κ3) is 3.10. The molecule has 2 fully saturated rings. The van der Waals surface area contributed by atoms with E-state index in [1.807, 2.05) is 19.9 Å². The van der Waals surface area contributed by atoms with Crippen LogP contribution in [0.25, 0.3) is 0 Å². The van der Waals surface area contributed by atoms with E-state index in [0.717, 1.165) is 36.8 Å². The molecule has 0 amide bonds. The largest absolute Gasteiger partial charge is 0.489 e. The van der Waals surface area contributed by atoms with Crippen LogP contribution in [0.3, 0.4) is 0 Å². The molecule has 4 heteroatoms. The SMILES string of the molecule is CC(C)Oc1cccc(N2CCN3CCCCC3C2)c1N. The molecule has 2 aliphatic heterocycles. The molecule has 4 nitrogen and oxygen atoms in total. The van der Waals surface area contributed by atoms with Gasteiger partial charge in [0.2, 0.25) is 0 Å². The summed E-state index contributed by atoms with van der Waals surface area (Å²) in [6.07, 6.45) is 4.19. The van der Waals surface area contributed by atoms with Gasteiger partial charge in [-0.25, -0.2) is 0 Å². The van der Waals surface area contributed by atoms with Crippen LogP contribution in [0.4, 0.5) is 11.4 Å². The lowest BCUT2D eigenvalue weighted by Crippen LogP contribution is -2.55. The zero-order valence-electron chi connectivity index (χ0n) is 13.2. The number of para-hydroxylation sites is 1. The number of nitrogens with zero attached hydrogens (tertiary/aromatic N) is 2. The topological polar surface area (TPSA) is 41.7 Å². The van der Waals surface area contributed by atoms with Crippen LogP contribution in [0.15, 0.2) is 18.2 Å². The first-order valence-corrected chi connectivity index (χ1v) is 8.19. The normalized spacial score (nSPS) is 23.2. The van der Waals surface area contributed by atoms with Crippen molar-refractivity contribution in [2.24, 2.45) is 0 Å². The fourth-order valence-corrected chi connectivity index (χ4v) is 3.54. The lowest BCUT2D eigenvalue weighted by atomic mass is 9.99. The van der Waals surface area contributed by atoms with E-state index in [0.29, 0.717) is 6.04 Å². The Kier molecular flexibility index (Phi) is 4.24. The summed E-state index contributed by atoms with van der Waals surface area (Å²) in [5, 5.41) is 0. The molecule has 0 bridgehead atoms. The molecule has 0 radical (unpaired) electrons. The lowest BCUT2D eigenvalue weighted by molar-refractivity contribution is 0.133. The van der Waals surface area contributed by atoms with Gasteiger partial charge in [-0.1, -0.05) is 12.5 Å². The maximum Gasteiger partial charge on any atom is 0.144 e. The monoisotopic (exact) mass is 289 g/mol. The van der Waals surface area contributed by atoms with E-state index in [4.69, 9.17) is 10.5 Å². The number of hydrogen-bond acceptors (Lipinski definition) is 4. The van der Waals surface area contributed by atoms with Crippen molar-refractivity contribution in [1.29, 1.82) is 0 Å². The Bertz CT molecular complexity index is 489. The predicted molar refractivity (Wildman–Crippen MR) is 88.0 cm³/mol. The van der Waals surface area contributed by atoms with Gasteiger partial charge in [-0.3, -0.25) is 4.90 Å². The molecule has 0 aromatic heterocycles. The number of rotatable bonds is 3. The molecule has 0 spiro atoms. The molecule has 2 heterocycles. The van der Waals surface area contributed by atoms with Crippen molar-refractivity contribution in [3.05, 3.63) is 18.2 Å². The van der Waals surface area contributed by atoms with Gasteiger partial charge in [0.05, 0.1) is 17.5 Å². The first kappa shape index (κ1) is 14.5. The van der Waals surface area contributed by atoms with Crippen molar-refractivity contribution >= 4 is 11.4 Å². The molecule has 3 rings (SSSR count). The number of hydrogen-bond donors (Lipinski definition) is 1. The number of anilines is 2. The average molecular weight is 289 g/mol. The third-order valence-corrected chi connectivity index (χ3v) is 4.58. The zero-order chi connectivity index (χ0) is 14.8. The number of nitrogen functional groups attached to an aromatic ring is 1. The van der Waals surface area contributed by atoms with E-state index in [1.165, 1.54) is 25.8 Å². The molecule has 0 aliphatic carbocycles. The molecule has 2 aliphatic rings. The minimum Gasteiger partial charge on any atom is -0.489 e. The Morgan fingerprint density at radius 2 is 2.05 bits per heavy atom. The molecule has 0 saturated carbocycles. The van der Waals surface area contributed by atoms with Crippen LogP contribution in [0, 0.1) is 0 Å². The second kappa shape index (κ2) is 6.14. The Hall–Kier alpha value is -1.42. The highest BCUT2D eigenvalue weighted by molar-refractivity contribution is 5.74. The standard InChI is InChI=1S/C17H27N3O/c1-13(2)21-16-8-5-7-15(17(16)18)20-11-10-19-9-4-3-6-14(19)12-20/h5,7-8,13-14H,3-4,6,9-12,18H2,1-2H3. The number of fused-ring (bicyclic) bond motifs is 1. The van der Waals surface area contributed by atoms with Gasteiger partial charge in [-0.05, 0) is 45.4 Å². The highest BCUT2D eigenvalue weighted by atomic mass is 16.5. The Morgan fingerprint density at radius 3 is 2.86 bits per heavy atom. The molecular weight excluding hydrogens is 262 g/mol. The first-order chi connectivity index (χ1) is 10.1. The maximum absolute atomic E-state index is 6.35. The quantitative estimate of drug-likeness (QED) is 0.869. The highest BCUT2D eigenvalue weighted by Gasteiger charge is 2.29. The van der Waals surface area contributed by atoms with Gasteiger partial charge in [-0.15, -0.1) is 0 Å². The van der Waals surface area contributed by atoms with Crippen LogP contribution in [-0.4, -0.2) is 43.2 Å². The Morgan fingerprint density at radius 1 is 1.19 bits per heavy atom. The van der Waals surface area contributed by atoms with Crippen molar-refractivity contribution in [1.82, 2.24) is 4.90 Å². The van der Waals surface area contributed by atoms with Crippen LogP contribution in [0.1, 0.15) is 33.1 Å². The van der Waals surface area contributed by atoms with Crippen LogP contribution in [0.5, 0.6) is 5.75 Å². The van der Waals surface area contributed by atoms with Crippen LogP contribution in [-0.2, 0) is 0 Å². The van der Waals surface area contributed by atoms with Crippen molar-refractivity contribution in [2.45, 2.75) is 45.3 Å². The van der Waals surface area contributed by atoms with E-state index in [2.05, 4.69) is 21.9 Å². The molecule has 1 aromatic rings. The second-order valence-electron chi connectivity index (χ2n) is 6.49. The summed E-state index contributed by atoms with van der Waals surface area (Å²) in [7, 11) is 0. The Balaban J connectivity index is 1.77. The number of ether oxygens (including phenoxy) is 1. The summed E-state index contributed by atoms with van der Waals surface area (Å²) in [6, 6.07) is 6.84. The fraction of sp³-hybridized carbons (Fsp3) is 0.647. The molecule has 1 aromatic carbocycles. The van der Waals surface area contributed by atoms with Gasteiger partial charge < -0.3 is 15.4 Å². The summed E-state index contributed by atoms with van der Waals surface area (Å²) in [5.74, 6) is 0.813. The summed E-state index contributed by atoms with van der Waals surface area (Å²) in [4.78, 5) is 5.08. The van der Waals surface area contributed by atoms with Crippen LogP contribution in [0.2, 0.25) is 0 Å². The molecular formula is C17H27N3O. The van der Waals surface area contributed by atoms with E-state index >= 15 is 0 Å². The highest BCUT2D eigenvalue weighted by Crippen LogP contribution is 2.34. The fourth-order valence-electron chi connectivity index (χ4n) is 3.54. The van der Waals surface area contributed by atoms with Gasteiger partial charge in [-0.2, -0.15) is 0 Å². The van der Waals surface area contributed by atoms with Crippen molar-refractivity contribution in [3.8, 4) is 5.75 Å². The Labute approximate surface area is 127 Å². The van der Waals surface area contributed by atoms with Gasteiger partial charge in [0.25, 0.3) is 0 Å². The number of nitrogens with two attached hydrogens (primary N) is 1. The first-order valence-electron chi connectivity index (χ1n) is 8.19. The zero-order valence-corrected chi connectivity index (χ0v) is 13.2. The van der Waals surface area contributed by atoms with Gasteiger partial charge in [0.15, 0.2) is 0 Å². The maximum atomic E-state index is 6.35. The minimum absolute atomic E-state index is 0.151. The molecule has 116 valence electrons. The third-order valence-electron chi connectivity index (χ3n) is 4.58. The van der Waals surface area contributed by atoms with Crippen LogP contribution < -0.4 is 15.4 Å². The van der Waals surface area contributed by atoms with Gasteiger partial charge >= 0.3 is 0 Å². The van der Waals surface area contributed by atoms with E-state index in [9.17, 15) is 0 Å². The average Bonchev–Trinajstić information content (AvgIpc) is 2.48. The number of piperidine rings is 1. The molecule has 1 unspecified atom stereocenters. The minimum atomic E-state index is 0.151. The van der Waals surface area contributed by atoms with Gasteiger partial charge in [0, 0.05) is 25.7 Å². The summed E-state index contributed by atoms with van der Waals surface area (Å²) in [5.41, 5.74) is 8.28. The second-order valence-corrected chi connectivity index (χ2v) is 6.49. The van der Waals surface area contributed by atoms with E-state index < -0.39 is 0 Å². The van der Waals surface area contributed by atoms with E-state index in [1.54, 1.807) is 0 Å². The molecule has 1 atom stereocenters. The number of benzene rings is 1. The van der Waals surface area contributed by atoms with Crippen LogP contribution >= 0.6 is 0 Å². The summed E-state index contributed by atoms with van der Waals surface area (Å²) >= 11 is 0. The van der Waals surface area contributed by atoms with Crippen molar-refractivity contribution in [3.63, 3.8) is 0 Å².